The maximum Gasteiger partial charge on any atom is 0.277 e. The summed E-state index contributed by atoms with van der Waals surface area (Å²) in [6.45, 7) is 8.20. The Hall–Kier alpha value is -2.32. The molecule has 1 aromatic rings. The lowest BCUT2D eigenvalue weighted by Crippen LogP contribution is -2.35. The Bertz CT molecular complexity index is 1190. The molecule has 0 atom stereocenters. The molecule has 190 valence electrons. The van der Waals surface area contributed by atoms with Gasteiger partial charge in [0.05, 0.1) is 13.2 Å². The van der Waals surface area contributed by atoms with Crippen LogP contribution in [0.5, 0.6) is 0 Å². The van der Waals surface area contributed by atoms with Gasteiger partial charge in [-0.25, -0.2) is 16.8 Å². The fourth-order valence-electron chi connectivity index (χ4n) is 3.66. The number of aliphatic hydroxyl groups is 1. The number of carbonyl (C=O) groups excluding carboxylic acids is 2. The zero-order chi connectivity index (χ0) is 25.8. The van der Waals surface area contributed by atoms with Gasteiger partial charge in [0.1, 0.15) is 15.5 Å². The molecular weight excluding hydrogens is 484 g/mol. The normalized spacial score (nSPS) is 14.9. The number of imide groups is 1. The van der Waals surface area contributed by atoms with Crippen LogP contribution >= 0.6 is 0 Å². The summed E-state index contributed by atoms with van der Waals surface area (Å²) in [5.41, 5.74) is 0.431. The highest BCUT2D eigenvalue weighted by atomic mass is 32.2. The lowest BCUT2D eigenvalue weighted by Gasteiger charge is -2.25. The minimum absolute atomic E-state index is 0.105. The van der Waals surface area contributed by atoms with Crippen molar-refractivity contribution in [1.82, 2.24) is 13.5 Å². The molecule has 0 bridgehead atoms. The molecule has 13 heteroatoms. The predicted molar refractivity (Wildman–Crippen MR) is 127 cm³/mol. The molecule has 11 nitrogen and oxygen atoms in total. The maximum atomic E-state index is 13.5. The second kappa shape index (κ2) is 11.0. The first-order valence-corrected chi connectivity index (χ1v) is 13.9. The quantitative estimate of drug-likeness (QED) is 0.387. The highest BCUT2D eigenvalue weighted by Gasteiger charge is 2.35. The Labute approximate surface area is 201 Å². The molecule has 0 unspecified atom stereocenters. The number of hydrogen-bond acceptors (Lipinski definition) is 8. The zero-order valence-electron chi connectivity index (χ0n) is 20.0. The summed E-state index contributed by atoms with van der Waals surface area (Å²) in [6, 6.07) is 2.45. The van der Waals surface area contributed by atoms with Crippen molar-refractivity contribution < 1.29 is 31.5 Å². The third-order valence-corrected chi connectivity index (χ3v) is 9.85. The number of hydrogen-bond donors (Lipinski definition) is 2. The van der Waals surface area contributed by atoms with Crippen LogP contribution in [0.4, 0.5) is 5.69 Å². The Morgan fingerprint density at radius 3 is 1.79 bits per heavy atom. The number of rotatable bonds is 12. The number of anilines is 1. The molecule has 0 aliphatic carbocycles. The monoisotopic (exact) mass is 516 g/mol. The number of benzene rings is 1. The summed E-state index contributed by atoms with van der Waals surface area (Å²) in [6.07, 6.45) is 1.05. The van der Waals surface area contributed by atoms with Gasteiger partial charge in [0.15, 0.2) is 0 Å². The van der Waals surface area contributed by atoms with Gasteiger partial charge in [-0.2, -0.15) is 8.61 Å². The van der Waals surface area contributed by atoms with E-state index in [2.05, 4.69) is 5.32 Å². The summed E-state index contributed by atoms with van der Waals surface area (Å²) in [7, 11) is -8.35. The van der Waals surface area contributed by atoms with Gasteiger partial charge >= 0.3 is 0 Å². The van der Waals surface area contributed by atoms with E-state index in [9.17, 15) is 26.4 Å². The third-order valence-electron chi connectivity index (χ3n) is 5.54. The van der Waals surface area contributed by atoms with Gasteiger partial charge in [0, 0.05) is 37.9 Å². The summed E-state index contributed by atoms with van der Waals surface area (Å²) in [5, 5.41) is 11.9. The first kappa shape index (κ1) is 27.9. The van der Waals surface area contributed by atoms with Crippen molar-refractivity contribution in [2.45, 2.75) is 44.4 Å². The number of nitrogens with one attached hydrogen (secondary N) is 1. The van der Waals surface area contributed by atoms with E-state index in [1.54, 1.807) is 34.6 Å². The number of nitrogens with zero attached hydrogens (tertiary/aromatic N) is 3. The maximum absolute atomic E-state index is 13.5. The number of aliphatic hydroxyl groups excluding tert-OH is 1. The van der Waals surface area contributed by atoms with Crippen molar-refractivity contribution in [3.05, 3.63) is 29.5 Å². The topological polar surface area (TPSA) is 144 Å². The summed E-state index contributed by atoms with van der Waals surface area (Å²) in [4.78, 5) is 24.7. The average molecular weight is 517 g/mol. The molecule has 0 spiro atoms. The first-order chi connectivity index (χ1) is 15.9. The molecule has 2 N–H and O–H groups in total. The van der Waals surface area contributed by atoms with Crippen LogP contribution in [0, 0.1) is 6.92 Å². The van der Waals surface area contributed by atoms with Crippen LogP contribution in [0.1, 0.15) is 33.3 Å². The van der Waals surface area contributed by atoms with Crippen molar-refractivity contribution in [3.8, 4) is 0 Å². The van der Waals surface area contributed by atoms with Crippen LogP contribution < -0.4 is 5.32 Å². The second-order valence-corrected chi connectivity index (χ2v) is 11.3. The van der Waals surface area contributed by atoms with E-state index in [0.717, 1.165) is 15.3 Å². The van der Waals surface area contributed by atoms with E-state index in [-0.39, 0.29) is 49.0 Å². The number of sulfonamides is 2. The molecule has 2 rings (SSSR count). The summed E-state index contributed by atoms with van der Waals surface area (Å²) in [5.74, 6) is -1.29. The fraction of sp³-hybridized carbons (Fsp3) is 0.524. The second-order valence-electron chi connectivity index (χ2n) is 7.49. The van der Waals surface area contributed by atoms with Crippen LogP contribution in [0.3, 0.4) is 0 Å². The molecule has 1 aliphatic heterocycles. The molecule has 34 heavy (non-hydrogen) atoms. The van der Waals surface area contributed by atoms with Gasteiger partial charge in [-0.05, 0) is 24.6 Å². The molecular formula is C21H32N4O7S2. The van der Waals surface area contributed by atoms with E-state index >= 15 is 0 Å². The lowest BCUT2D eigenvalue weighted by atomic mass is 10.2. The Kier molecular flexibility index (Phi) is 8.99. The SMILES string of the molecule is CCN(CC)S(=O)(=O)c1cc(C)c(NC2=CC(=O)N(CCO)C2=O)cc1S(=O)(=O)N(CC)CC. The van der Waals surface area contributed by atoms with Gasteiger partial charge in [-0.3, -0.25) is 14.5 Å². The van der Waals surface area contributed by atoms with Crippen LogP contribution in [0.15, 0.2) is 33.7 Å². The van der Waals surface area contributed by atoms with Gasteiger partial charge in [-0.15, -0.1) is 0 Å². The smallest absolute Gasteiger partial charge is 0.277 e. The lowest BCUT2D eigenvalue weighted by molar-refractivity contribution is -0.137. The minimum atomic E-state index is -4.21. The molecule has 0 saturated heterocycles. The fourth-order valence-corrected chi connectivity index (χ4v) is 7.43. The molecule has 0 radical (unpaired) electrons. The van der Waals surface area contributed by atoms with Gasteiger partial charge < -0.3 is 10.4 Å². The van der Waals surface area contributed by atoms with Crippen molar-refractivity contribution in [1.29, 1.82) is 0 Å². The van der Waals surface area contributed by atoms with E-state index in [4.69, 9.17) is 5.11 Å². The standard InChI is InChI=1S/C21H32N4O7S2/c1-6-23(7-2)33(29,30)18-12-15(5)16(13-19(18)34(31,32)24(8-3)9-4)22-17-14-20(27)25(10-11-26)21(17)28/h12-14,22,26H,6-11H2,1-5H3. The van der Waals surface area contributed by atoms with E-state index < -0.39 is 43.4 Å². The van der Waals surface area contributed by atoms with Gasteiger partial charge in [0.2, 0.25) is 20.0 Å². The molecule has 0 saturated carbocycles. The van der Waals surface area contributed by atoms with E-state index in [1.807, 2.05) is 0 Å². The van der Waals surface area contributed by atoms with Crippen molar-refractivity contribution in [2.24, 2.45) is 0 Å². The largest absolute Gasteiger partial charge is 0.395 e. The Morgan fingerprint density at radius 2 is 1.35 bits per heavy atom. The summed E-state index contributed by atoms with van der Waals surface area (Å²) >= 11 is 0. The molecule has 0 aromatic heterocycles. The number of carbonyl (C=O) groups is 2. The predicted octanol–water partition coefficient (Wildman–Crippen LogP) is 0.713. The highest BCUT2D eigenvalue weighted by molar-refractivity contribution is 7.92. The van der Waals surface area contributed by atoms with Gasteiger partial charge in [-0.1, -0.05) is 27.7 Å². The highest BCUT2D eigenvalue weighted by Crippen LogP contribution is 2.33. The van der Waals surface area contributed by atoms with Crippen LogP contribution in [0.2, 0.25) is 0 Å². The Balaban J connectivity index is 2.71. The summed E-state index contributed by atoms with van der Waals surface area (Å²) < 4.78 is 56.0. The van der Waals surface area contributed by atoms with Crippen molar-refractivity contribution >= 4 is 37.5 Å². The van der Waals surface area contributed by atoms with E-state index in [1.165, 1.54) is 16.4 Å². The van der Waals surface area contributed by atoms with Crippen LogP contribution in [0.25, 0.3) is 0 Å². The number of amides is 2. The molecule has 1 heterocycles. The van der Waals surface area contributed by atoms with Gasteiger partial charge in [0.25, 0.3) is 11.8 Å². The molecule has 1 aromatic carbocycles. The van der Waals surface area contributed by atoms with Crippen molar-refractivity contribution in [2.75, 3.05) is 44.6 Å². The Morgan fingerprint density at radius 1 is 0.882 bits per heavy atom. The van der Waals surface area contributed by atoms with Crippen LogP contribution in [-0.2, 0) is 29.6 Å². The van der Waals surface area contributed by atoms with Crippen molar-refractivity contribution in [3.63, 3.8) is 0 Å². The zero-order valence-corrected chi connectivity index (χ0v) is 21.7. The number of β-amino-alcohol motifs (C(OH)–C–C–N with tert-alkyl or cyclic N) is 1. The number of aryl methyl sites for hydroxylation is 1. The average Bonchev–Trinajstić information content (AvgIpc) is 3.03. The minimum Gasteiger partial charge on any atom is -0.395 e. The molecule has 0 fully saturated rings. The van der Waals surface area contributed by atoms with Crippen LogP contribution in [-0.4, -0.2) is 86.6 Å². The van der Waals surface area contributed by atoms with E-state index in [0.29, 0.717) is 5.56 Å². The third kappa shape index (κ3) is 5.18. The molecule has 2 amide bonds. The molecule has 1 aliphatic rings. The first-order valence-electron chi connectivity index (χ1n) is 11.0.